The maximum Gasteiger partial charge on any atom is 0.464 e. The van der Waals surface area contributed by atoms with Gasteiger partial charge in [0, 0.05) is 16.7 Å². The number of carbonyl (C=O) groups is 2. The molecule has 0 aliphatic rings. The van der Waals surface area contributed by atoms with Crippen molar-refractivity contribution < 1.29 is 32.5 Å². The van der Waals surface area contributed by atoms with Crippen LogP contribution in [0.2, 0.25) is 5.02 Å². The summed E-state index contributed by atoms with van der Waals surface area (Å²) < 4.78 is 45.8. The van der Waals surface area contributed by atoms with E-state index in [4.69, 9.17) is 11.6 Å². The molecule has 138 valence electrons. The van der Waals surface area contributed by atoms with Crippen molar-refractivity contribution in [3.63, 3.8) is 0 Å². The minimum Gasteiger partial charge on any atom is -0.464 e. The van der Waals surface area contributed by atoms with E-state index in [2.05, 4.69) is 9.72 Å². The lowest BCUT2D eigenvalue weighted by Crippen LogP contribution is -2.69. The number of aromatic nitrogens is 1. The summed E-state index contributed by atoms with van der Waals surface area (Å²) in [5, 5.41) is 3.81. The molecule has 1 heterocycles. The van der Waals surface area contributed by atoms with E-state index in [1.165, 1.54) is 48.7 Å². The summed E-state index contributed by atoms with van der Waals surface area (Å²) in [5.41, 5.74) is -3.67. The molecule has 2 aromatic rings. The molecular weight excluding hydrogens is 375 g/mol. The summed E-state index contributed by atoms with van der Waals surface area (Å²) in [6, 6.07) is 9.50. The summed E-state index contributed by atoms with van der Waals surface area (Å²) in [5.74, 6) is -3.07. The molecule has 10 heteroatoms. The Morgan fingerprint density at radius 2 is 1.88 bits per heavy atom. The Kier molecular flexibility index (Phi) is 5.71. The number of nitrogens with one attached hydrogen (secondary N) is 3. The molecule has 0 saturated carbocycles. The van der Waals surface area contributed by atoms with Gasteiger partial charge in [0.2, 0.25) is 0 Å². The molecular formula is C16H14ClF3N3O3+. The fraction of sp³-hybridized carbons (Fsp3) is 0.188. The number of esters is 1. The highest BCUT2D eigenvalue weighted by atomic mass is 35.5. The van der Waals surface area contributed by atoms with E-state index in [-0.39, 0.29) is 16.4 Å². The smallest absolute Gasteiger partial charge is 0.464 e. The Labute approximate surface area is 151 Å². The predicted molar refractivity (Wildman–Crippen MR) is 86.3 cm³/mol. The first-order valence-corrected chi connectivity index (χ1v) is 7.55. The fourth-order valence-electron chi connectivity index (χ4n) is 2.09. The summed E-state index contributed by atoms with van der Waals surface area (Å²) in [4.78, 5) is 26.9. The normalized spacial score (nSPS) is 13.4. The monoisotopic (exact) mass is 388 g/mol. The van der Waals surface area contributed by atoms with Crippen LogP contribution in [0.3, 0.4) is 0 Å². The molecule has 0 aliphatic heterocycles. The number of ether oxygens (including phenoxy) is 1. The fourth-order valence-corrected chi connectivity index (χ4v) is 2.28. The molecule has 0 radical (unpaired) electrons. The van der Waals surface area contributed by atoms with E-state index < -0.39 is 23.7 Å². The van der Waals surface area contributed by atoms with Gasteiger partial charge < -0.3 is 4.74 Å². The second-order valence-corrected chi connectivity index (χ2v) is 5.54. The molecule has 6 nitrogen and oxygen atoms in total. The van der Waals surface area contributed by atoms with Crippen LogP contribution in [0.4, 0.5) is 19.0 Å². The van der Waals surface area contributed by atoms with Crippen molar-refractivity contribution in [2.24, 2.45) is 0 Å². The van der Waals surface area contributed by atoms with E-state index in [9.17, 15) is 22.8 Å². The van der Waals surface area contributed by atoms with Gasteiger partial charge in [-0.2, -0.15) is 13.2 Å². The van der Waals surface area contributed by atoms with Gasteiger partial charge in [-0.1, -0.05) is 23.7 Å². The van der Waals surface area contributed by atoms with Crippen LogP contribution in [0.5, 0.6) is 0 Å². The molecule has 26 heavy (non-hydrogen) atoms. The van der Waals surface area contributed by atoms with Crippen molar-refractivity contribution in [1.82, 2.24) is 5.32 Å². The molecule has 0 unspecified atom stereocenters. The first kappa shape index (κ1) is 19.5. The molecule has 1 atom stereocenters. The molecule has 0 fully saturated rings. The number of methoxy groups -OCH3 is 1. The summed E-state index contributed by atoms with van der Waals surface area (Å²) in [6.07, 6.45) is -3.88. The molecule has 0 spiro atoms. The highest BCUT2D eigenvalue weighted by Gasteiger charge is 2.67. The molecule has 0 saturated heterocycles. The van der Waals surface area contributed by atoms with Crippen molar-refractivity contribution in [3.8, 4) is 0 Å². The minimum atomic E-state index is -5.22. The van der Waals surface area contributed by atoms with E-state index in [0.717, 1.165) is 7.11 Å². The zero-order valence-electron chi connectivity index (χ0n) is 13.4. The molecule has 2 rings (SSSR count). The highest BCUT2D eigenvalue weighted by molar-refractivity contribution is 6.31. The lowest BCUT2D eigenvalue weighted by atomic mass is 10.1. The zero-order valence-corrected chi connectivity index (χ0v) is 14.1. The lowest BCUT2D eigenvalue weighted by molar-refractivity contribution is -0.363. The average Bonchev–Trinajstić information content (AvgIpc) is 2.60. The van der Waals surface area contributed by atoms with Gasteiger partial charge >= 0.3 is 17.8 Å². The number of H-pyrrole nitrogens is 1. The predicted octanol–water partition coefficient (Wildman–Crippen LogP) is 2.43. The number of amides is 1. The van der Waals surface area contributed by atoms with Gasteiger partial charge in [-0.15, -0.1) is 0 Å². The molecule has 1 amide bonds. The van der Waals surface area contributed by atoms with E-state index in [0.29, 0.717) is 0 Å². The largest absolute Gasteiger partial charge is 0.464 e. The van der Waals surface area contributed by atoms with E-state index in [1.54, 1.807) is 5.32 Å². The number of anilines is 1. The number of aromatic amines is 1. The van der Waals surface area contributed by atoms with Gasteiger partial charge in [-0.05, 0) is 24.3 Å². The summed E-state index contributed by atoms with van der Waals surface area (Å²) >= 11 is 5.76. The SMILES string of the molecule is COC(=O)[C@](NC(=O)c1cccc(Cl)c1)(Nc1cccc[nH+]1)C(F)(F)F. The first-order valence-electron chi connectivity index (χ1n) is 7.18. The van der Waals surface area contributed by atoms with Crippen LogP contribution in [0.15, 0.2) is 48.7 Å². The van der Waals surface area contributed by atoms with Gasteiger partial charge in [-0.3, -0.25) is 10.1 Å². The molecule has 1 aromatic heterocycles. The van der Waals surface area contributed by atoms with E-state index in [1.807, 2.05) is 5.32 Å². The molecule has 0 bridgehead atoms. The van der Waals surface area contributed by atoms with Gasteiger partial charge in [0.15, 0.2) is 0 Å². The number of hydrogen-bond donors (Lipinski definition) is 2. The van der Waals surface area contributed by atoms with Crippen LogP contribution in [0, 0.1) is 0 Å². The van der Waals surface area contributed by atoms with Crippen molar-refractivity contribution in [3.05, 3.63) is 59.2 Å². The van der Waals surface area contributed by atoms with Crippen molar-refractivity contribution in [2.75, 3.05) is 12.4 Å². The second-order valence-electron chi connectivity index (χ2n) is 5.11. The first-order chi connectivity index (χ1) is 12.2. The van der Waals surface area contributed by atoms with Gasteiger partial charge in [0.1, 0.15) is 0 Å². The Morgan fingerprint density at radius 1 is 1.15 bits per heavy atom. The Balaban J connectivity index is 2.48. The quantitative estimate of drug-likeness (QED) is 0.609. The van der Waals surface area contributed by atoms with Crippen molar-refractivity contribution >= 4 is 29.3 Å². The zero-order chi connectivity index (χ0) is 19.4. The number of benzene rings is 1. The number of halogens is 4. The van der Waals surface area contributed by atoms with Crippen molar-refractivity contribution in [2.45, 2.75) is 11.8 Å². The number of alkyl halides is 3. The topological polar surface area (TPSA) is 81.6 Å². The molecule has 0 aliphatic carbocycles. The maximum atomic E-state index is 13.8. The maximum absolute atomic E-state index is 13.8. The van der Waals surface area contributed by atoms with Gasteiger partial charge in [0.05, 0.1) is 13.3 Å². The van der Waals surface area contributed by atoms with Crippen molar-refractivity contribution in [1.29, 1.82) is 0 Å². The Morgan fingerprint density at radius 3 is 2.42 bits per heavy atom. The third-order valence-electron chi connectivity index (χ3n) is 3.34. The third-order valence-corrected chi connectivity index (χ3v) is 3.57. The van der Waals surface area contributed by atoms with Gasteiger partial charge in [0.25, 0.3) is 11.7 Å². The Bertz CT molecular complexity index is 802. The number of rotatable bonds is 5. The minimum absolute atomic E-state index is 0.151. The average molecular weight is 389 g/mol. The van der Waals surface area contributed by atoms with Crippen LogP contribution in [-0.2, 0) is 9.53 Å². The van der Waals surface area contributed by atoms with Crippen LogP contribution in [-0.4, -0.2) is 30.8 Å². The van der Waals surface area contributed by atoms with E-state index >= 15 is 0 Å². The van der Waals surface area contributed by atoms with Crippen LogP contribution in [0.25, 0.3) is 0 Å². The lowest BCUT2D eigenvalue weighted by Gasteiger charge is -2.30. The highest BCUT2D eigenvalue weighted by Crippen LogP contribution is 2.32. The number of pyridine rings is 1. The Hall–Kier alpha value is -2.81. The van der Waals surface area contributed by atoms with Gasteiger partial charge in [-0.25, -0.2) is 15.1 Å². The second kappa shape index (κ2) is 7.61. The third kappa shape index (κ3) is 4.05. The van der Waals surface area contributed by atoms with Crippen LogP contribution >= 0.6 is 11.6 Å². The molecule has 3 N–H and O–H groups in total. The summed E-state index contributed by atoms with van der Waals surface area (Å²) in [7, 11) is 0.782. The van der Waals surface area contributed by atoms with Crippen LogP contribution in [0.1, 0.15) is 10.4 Å². The standard InChI is InChI=1S/C16H13ClF3N3O3/c1-26-14(25)15(16(18,19)20,22-12-7-2-3-8-21-12)23-13(24)10-5-4-6-11(17)9-10/h2-9H,1H3,(H,21,22)(H,23,24)/p+1/t15-/m1/s1. The molecule has 1 aromatic carbocycles. The summed E-state index contributed by atoms with van der Waals surface area (Å²) in [6.45, 7) is 0. The number of carbonyl (C=O) groups excluding carboxylic acids is 2. The van der Waals surface area contributed by atoms with Crippen LogP contribution < -0.4 is 15.6 Å². The number of hydrogen-bond acceptors (Lipinski definition) is 4.